The Morgan fingerprint density at radius 2 is 1.57 bits per heavy atom. The third-order valence-electron chi connectivity index (χ3n) is 3.59. The molecule has 0 aromatic heterocycles. The molecule has 0 fully saturated rings. The smallest absolute Gasteiger partial charge is 0.200 e. The average Bonchev–Trinajstić information content (AvgIpc) is 2.55. The van der Waals surface area contributed by atoms with Gasteiger partial charge in [0.25, 0.3) is 0 Å². The molecule has 0 aliphatic carbocycles. The first kappa shape index (κ1) is 19.1. The van der Waals surface area contributed by atoms with Gasteiger partial charge in [-0.15, -0.1) is 12.4 Å². The van der Waals surface area contributed by atoms with Gasteiger partial charge in [-0.25, -0.2) is 0 Å². The van der Waals surface area contributed by atoms with Crippen LogP contribution in [0.4, 0.5) is 0 Å². The second-order valence-corrected chi connectivity index (χ2v) is 5.06. The highest BCUT2D eigenvalue weighted by molar-refractivity contribution is 5.85. The molecule has 4 N–H and O–H groups in total. The highest BCUT2D eigenvalue weighted by Crippen LogP contribution is 2.38. The largest absolute Gasteiger partial charge is 0.502 e. The fourth-order valence-electron chi connectivity index (χ4n) is 2.31. The maximum absolute atomic E-state index is 10.4. The monoisotopic (exact) mass is 339 g/mol. The third kappa shape index (κ3) is 4.51. The number of nitrogens with two attached hydrogens (primary N) is 1. The quantitative estimate of drug-likeness (QED) is 0.752. The van der Waals surface area contributed by atoms with E-state index in [0.29, 0.717) is 12.0 Å². The Balaban J connectivity index is 0.00000264. The number of benzene rings is 2. The number of halogens is 1. The number of rotatable bonds is 6. The number of hydrogen-bond donors (Lipinski definition) is 3. The van der Waals surface area contributed by atoms with Gasteiger partial charge >= 0.3 is 0 Å². The molecule has 23 heavy (non-hydrogen) atoms. The zero-order valence-corrected chi connectivity index (χ0v) is 13.9. The van der Waals surface area contributed by atoms with Crippen molar-refractivity contribution < 1.29 is 19.7 Å². The number of aliphatic hydroxyl groups excluding tert-OH is 1. The Bertz CT molecular complexity index is 596. The van der Waals surface area contributed by atoms with Crippen molar-refractivity contribution in [2.75, 3.05) is 14.2 Å². The van der Waals surface area contributed by atoms with E-state index in [1.807, 2.05) is 30.3 Å². The third-order valence-corrected chi connectivity index (χ3v) is 3.59. The zero-order chi connectivity index (χ0) is 16.1. The molecule has 0 spiro atoms. The summed E-state index contributed by atoms with van der Waals surface area (Å²) in [6.45, 7) is 0. The van der Waals surface area contributed by atoms with E-state index in [4.69, 9.17) is 15.2 Å². The van der Waals surface area contributed by atoms with Crippen LogP contribution in [-0.4, -0.2) is 30.5 Å². The molecule has 0 aliphatic rings. The molecule has 2 atom stereocenters. The van der Waals surface area contributed by atoms with E-state index in [2.05, 4.69) is 0 Å². The number of phenolic OH excluding ortho intramolecular Hbond substituents is 1. The van der Waals surface area contributed by atoms with Crippen LogP contribution >= 0.6 is 12.4 Å². The fraction of sp³-hybridized carbons (Fsp3) is 0.294. The highest BCUT2D eigenvalue weighted by atomic mass is 35.5. The lowest BCUT2D eigenvalue weighted by Crippen LogP contribution is -2.28. The van der Waals surface area contributed by atoms with E-state index in [9.17, 15) is 10.2 Å². The van der Waals surface area contributed by atoms with Crippen molar-refractivity contribution in [3.63, 3.8) is 0 Å². The van der Waals surface area contributed by atoms with Gasteiger partial charge in [0, 0.05) is 6.42 Å². The Morgan fingerprint density at radius 1 is 1.04 bits per heavy atom. The molecule has 2 aromatic carbocycles. The second-order valence-electron chi connectivity index (χ2n) is 5.06. The summed E-state index contributed by atoms with van der Waals surface area (Å²) in [7, 11) is 2.90. The van der Waals surface area contributed by atoms with Gasteiger partial charge in [-0.2, -0.15) is 0 Å². The number of hydrogen-bond acceptors (Lipinski definition) is 5. The molecule has 0 bridgehead atoms. The molecule has 0 saturated carbocycles. The lowest BCUT2D eigenvalue weighted by atomic mass is 9.96. The first-order chi connectivity index (χ1) is 10.6. The van der Waals surface area contributed by atoms with Crippen LogP contribution in [0.25, 0.3) is 0 Å². The molecular formula is C17H22ClNO4. The van der Waals surface area contributed by atoms with Crippen molar-refractivity contribution in [2.45, 2.75) is 18.6 Å². The van der Waals surface area contributed by atoms with Gasteiger partial charge in [0.05, 0.1) is 26.4 Å². The van der Waals surface area contributed by atoms with Crippen molar-refractivity contribution in [1.29, 1.82) is 0 Å². The van der Waals surface area contributed by atoms with Gasteiger partial charge in [0.2, 0.25) is 5.75 Å². The first-order valence-corrected chi connectivity index (χ1v) is 6.99. The molecule has 0 radical (unpaired) electrons. The maximum atomic E-state index is 10.4. The minimum atomic E-state index is -0.763. The van der Waals surface area contributed by atoms with Gasteiger partial charge in [0.15, 0.2) is 11.5 Å². The number of phenols is 1. The van der Waals surface area contributed by atoms with E-state index in [1.54, 1.807) is 12.1 Å². The summed E-state index contributed by atoms with van der Waals surface area (Å²) in [5, 5.41) is 20.3. The summed E-state index contributed by atoms with van der Waals surface area (Å²) < 4.78 is 10.2. The molecule has 0 unspecified atom stereocenters. The maximum Gasteiger partial charge on any atom is 0.200 e. The summed E-state index contributed by atoms with van der Waals surface area (Å²) in [6.07, 6.45) is -0.325. The standard InChI is InChI=1S/C17H21NO4.ClH/c1-21-14-9-12(10-15(22-2)17(14)20)16(18)13(19)8-11-6-4-3-5-7-11;/h3-7,9-10,13,16,19-20H,8,18H2,1-2H3;1H/t13-,16+;/m0./s1. The van der Waals surface area contributed by atoms with E-state index in [-0.39, 0.29) is 29.7 Å². The lowest BCUT2D eigenvalue weighted by Gasteiger charge is -2.21. The Kier molecular flexibility index (Phi) is 7.16. The normalized spacial score (nSPS) is 12.9. The molecule has 126 valence electrons. The molecule has 6 heteroatoms. The molecule has 2 rings (SSSR count). The van der Waals surface area contributed by atoms with Crippen LogP contribution in [0, 0.1) is 0 Å². The highest BCUT2D eigenvalue weighted by Gasteiger charge is 2.21. The number of aliphatic hydroxyl groups is 1. The predicted octanol–water partition coefficient (Wildman–Crippen LogP) is 2.43. The van der Waals surface area contributed by atoms with Gasteiger partial charge in [-0.05, 0) is 23.3 Å². The lowest BCUT2D eigenvalue weighted by molar-refractivity contribution is 0.145. The first-order valence-electron chi connectivity index (χ1n) is 6.99. The Hall–Kier alpha value is -1.95. The number of methoxy groups -OCH3 is 2. The summed E-state index contributed by atoms with van der Waals surface area (Å²) in [6, 6.07) is 12.2. The van der Waals surface area contributed by atoms with Gasteiger partial charge in [-0.1, -0.05) is 30.3 Å². The van der Waals surface area contributed by atoms with Crippen LogP contribution < -0.4 is 15.2 Å². The van der Waals surface area contributed by atoms with Crippen LogP contribution in [0.1, 0.15) is 17.2 Å². The van der Waals surface area contributed by atoms with E-state index >= 15 is 0 Å². The molecule has 0 saturated heterocycles. The second kappa shape index (κ2) is 8.62. The zero-order valence-electron chi connectivity index (χ0n) is 13.1. The minimum Gasteiger partial charge on any atom is -0.502 e. The SMILES string of the molecule is COc1cc([C@@H](N)[C@@H](O)Cc2ccccc2)cc(OC)c1O.Cl. The van der Waals surface area contributed by atoms with Crippen molar-refractivity contribution in [3.8, 4) is 17.2 Å². The molecule has 0 heterocycles. The minimum absolute atomic E-state index is 0. The van der Waals surface area contributed by atoms with Crippen molar-refractivity contribution in [1.82, 2.24) is 0 Å². The molecule has 5 nitrogen and oxygen atoms in total. The van der Waals surface area contributed by atoms with Gasteiger partial charge < -0.3 is 25.4 Å². The van der Waals surface area contributed by atoms with Crippen molar-refractivity contribution in [3.05, 3.63) is 53.6 Å². The van der Waals surface area contributed by atoms with E-state index in [0.717, 1.165) is 5.56 Å². The van der Waals surface area contributed by atoms with Crippen LogP contribution in [0.2, 0.25) is 0 Å². The topological polar surface area (TPSA) is 84.9 Å². The molecule has 0 amide bonds. The van der Waals surface area contributed by atoms with Crippen LogP contribution in [0.3, 0.4) is 0 Å². The number of aromatic hydroxyl groups is 1. The molecule has 2 aromatic rings. The van der Waals surface area contributed by atoms with Crippen molar-refractivity contribution >= 4 is 12.4 Å². The van der Waals surface area contributed by atoms with Crippen LogP contribution in [-0.2, 0) is 6.42 Å². The van der Waals surface area contributed by atoms with E-state index in [1.165, 1.54) is 14.2 Å². The molecular weight excluding hydrogens is 318 g/mol. The summed E-state index contributed by atoms with van der Waals surface area (Å²) in [5.74, 6) is 0.437. The van der Waals surface area contributed by atoms with Gasteiger partial charge in [-0.3, -0.25) is 0 Å². The summed E-state index contributed by atoms with van der Waals surface area (Å²) in [4.78, 5) is 0. The van der Waals surface area contributed by atoms with Gasteiger partial charge in [0.1, 0.15) is 0 Å². The fourth-order valence-corrected chi connectivity index (χ4v) is 2.31. The summed E-state index contributed by atoms with van der Waals surface area (Å²) >= 11 is 0. The van der Waals surface area contributed by atoms with Crippen molar-refractivity contribution in [2.24, 2.45) is 5.73 Å². The average molecular weight is 340 g/mol. The van der Waals surface area contributed by atoms with E-state index < -0.39 is 12.1 Å². The van der Waals surface area contributed by atoms with Crippen LogP contribution in [0.5, 0.6) is 17.2 Å². The van der Waals surface area contributed by atoms with Crippen LogP contribution in [0.15, 0.2) is 42.5 Å². The summed E-state index contributed by atoms with van der Waals surface area (Å²) in [5.41, 5.74) is 7.78. The Labute approximate surface area is 142 Å². The number of ether oxygens (including phenoxy) is 2. The molecule has 0 aliphatic heterocycles. The predicted molar refractivity (Wildman–Crippen MR) is 91.5 cm³/mol. The Morgan fingerprint density at radius 3 is 2.04 bits per heavy atom.